The molecule has 6 aromatic rings. The summed E-state index contributed by atoms with van der Waals surface area (Å²) < 4.78 is 21.4. The number of ether oxygens (including phenoxy) is 1. The molecule has 67 heavy (non-hydrogen) atoms. The smallest absolute Gasteiger partial charge is 0.249 e. The van der Waals surface area contributed by atoms with Crippen molar-refractivity contribution in [2.75, 3.05) is 92.0 Å². The van der Waals surface area contributed by atoms with E-state index in [1.54, 1.807) is 37.5 Å². The largest absolute Gasteiger partial charge is 0.494 e. The standard InChI is InChI=1S/C49H56ClN12O4P/c1-59-31-35(28-53-59)37-26-41(56-49-52-29-38(50)47(58-49)55-39-11-10-34(24-44(39)67(3,4)65)33-8-6-5-7-9-33)43(66-2)27-42(37)62-18-15-32(16-19-62)30-60-20-22-61(23-21-60)36-14-17-51-45(25-36)54-40-12-13-46(63)57-48(40)64/h5-11,14,17,24-29,31-32,40H,12-13,15-16,18-23,30H2,1-4H3,(H,51,54)(H,57,63,64)(H2,52,55,56,58). The molecule has 348 valence electrons. The Morgan fingerprint density at radius 1 is 0.836 bits per heavy atom. The van der Waals surface area contributed by atoms with Crippen LogP contribution in [0.15, 0.2) is 97.6 Å². The highest BCUT2D eigenvalue weighted by Gasteiger charge is 2.29. The van der Waals surface area contributed by atoms with Gasteiger partial charge in [-0.05, 0) is 73.9 Å². The predicted molar refractivity (Wildman–Crippen MR) is 267 cm³/mol. The van der Waals surface area contributed by atoms with Crippen LogP contribution in [0.2, 0.25) is 5.02 Å². The number of nitrogens with one attached hydrogen (secondary N) is 4. The Bertz CT molecular complexity index is 2800. The average molecular weight is 943 g/mol. The van der Waals surface area contributed by atoms with Crippen molar-refractivity contribution < 1.29 is 18.9 Å². The van der Waals surface area contributed by atoms with Gasteiger partial charge in [0, 0.05) is 112 Å². The molecule has 0 spiro atoms. The first kappa shape index (κ1) is 45.7. The minimum Gasteiger partial charge on any atom is -0.494 e. The summed E-state index contributed by atoms with van der Waals surface area (Å²) in [4.78, 5) is 45.1. The fourth-order valence-corrected chi connectivity index (χ4v) is 10.5. The van der Waals surface area contributed by atoms with Gasteiger partial charge in [0.2, 0.25) is 17.8 Å². The molecule has 3 aliphatic heterocycles. The van der Waals surface area contributed by atoms with Crippen molar-refractivity contribution in [1.29, 1.82) is 0 Å². The van der Waals surface area contributed by atoms with E-state index in [9.17, 15) is 14.2 Å². The van der Waals surface area contributed by atoms with Crippen LogP contribution in [0.1, 0.15) is 25.7 Å². The van der Waals surface area contributed by atoms with Gasteiger partial charge in [-0.2, -0.15) is 10.1 Å². The lowest BCUT2D eigenvalue weighted by molar-refractivity contribution is -0.133. The molecule has 1 atom stereocenters. The third-order valence-corrected chi connectivity index (χ3v) is 14.6. The van der Waals surface area contributed by atoms with E-state index in [1.807, 2.05) is 80.1 Å². The van der Waals surface area contributed by atoms with E-state index in [0.717, 1.165) is 92.3 Å². The van der Waals surface area contributed by atoms with Crippen LogP contribution in [0.5, 0.6) is 5.75 Å². The maximum absolute atomic E-state index is 13.6. The van der Waals surface area contributed by atoms with Gasteiger partial charge in [-0.3, -0.25) is 24.5 Å². The van der Waals surface area contributed by atoms with Crippen molar-refractivity contribution in [2.24, 2.45) is 13.0 Å². The predicted octanol–water partition coefficient (Wildman–Crippen LogP) is 7.59. The molecule has 3 aliphatic rings. The second-order valence-electron chi connectivity index (χ2n) is 17.8. The highest BCUT2D eigenvalue weighted by atomic mass is 35.5. The number of hydrogen-bond donors (Lipinski definition) is 4. The van der Waals surface area contributed by atoms with Gasteiger partial charge in [-0.25, -0.2) is 9.97 Å². The lowest BCUT2D eigenvalue weighted by atomic mass is 9.94. The van der Waals surface area contributed by atoms with Crippen molar-refractivity contribution in [3.05, 3.63) is 103 Å². The molecular formula is C49H56ClN12O4P. The number of pyridine rings is 1. The quantitative estimate of drug-likeness (QED) is 0.0621. The highest BCUT2D eigenvalue weighted by Crippen LogP contribution is 2.43. The Hall–Kier alpha value is -6.48. The molecule has 3 aromatic heterocycles. The fraction of sp³-hybridized carbons (Fsp3) is 0.347. The monoisotopic (exact) mass is 942 g/mol. The molecule has 18 heteroatoms. The van der Waals surface area contributed by atoms with Crippen LogP contribution in [0.25, 0.3) is 22.3 Å². The molecule has 9 rings (SSSR count). The first-order valence-corrected chi connectivity index (χ1v) is 25.7. The molecule has 3 saturated heterocycles. The van der Waals surface area contributed by atoms with Crippen LogP contribution in [-0.4, -0.2) is 114 Å². The van der Waals surface area contributed by atoms with Crippen LogP contribution in [0.4, 0.5) is 40.3 Å². The van der Waals surface area contributed by atoms with Crippen LogP contribution >= 0.6 is 18.7 Å². The number of amides is 2. The average Bonchev–Trinajstić information content (AvgIpc) is 3.77. The van der Waals surface area contributed by atoms with Gasteiger partial charge < -0.3 is 35.1 Å². The number of piperazine rings is 1. The number of nitrogens with zero attached hydrogens (tertiary/aromatic N) is 8. The van der Waals surface area contributed by atoms with Crippen molar-refractivity contribution in [3.8, 4) is 28.0 Å². The van der Waals surface area contributed by atoms with E-state index >= 15 is 0 Å². The first-order valence-electron chi connectivity index (χ1n) is 22.7. The number of piperidine rings is 2. The lowest BCUT2D eigenvalue weighted by Gasteiger charge is -2.40. The Labute approximate surface area is 395 Å². The molecular weight excluding hydrogens is 887 g/mol. The summed E-state index contributed by atoms with van der Waals surface area (Å²) in [5, 5.41) is 17.9. The summed E-state index contributed by atoms with van der Waals surface area (Å²) in [7, 11) is 0.851. The topological polar surface area (TPSA) is 175 Å². The number of methoxy groups -OCH3 is 1. The molecule has 0 saturated carbocycles. The number of hydrogen-bond acceptors (Lipinski definition) is 14. The highest BCUT2D eigenvalue weighted by molar-refractivity contribution is 7.70. The second-order valence-corrected chi connectivity index (χ2v) is 21.4. The van der Waals surface area contributed by atoms with Crippen LogP contribution in [0.3, 0.4) is 0 Å². The van der Waals surface area contributed by atoms with Crippen molar-refractivity contribution in [2.45, 2.75) is 31.7 Å². The zero-order valence-corrected chi connectivity index (χ0v) is 39.9. The van der Waals surface area contributed by atoms with Gasteiger partial charge in [0.05, 0.1) is 30.9 Å². The normalized spacial score (nSPS) is 17.3. The number of rotatable bonds is 14. The molecule has 4 N–H and O–H groups in total. The van der Waals surface area contributed by atoms with E-state index < -0.39 is 13.2 Å². The van der Waals surface area contributed by atoms with Crippen LogP contribution < -0.4 is 41.1 Å². The van der Waals surface area contributed by atoms with Gasteiger partial charge in [-0.15, -0.1) is 0 Å². The minimum atomic E-state index is -2.73. The maximum atomic E-state index is 13.6. The van der Waals surface area contributed by atoms with Gasteiger partial charge in [0.25, 0.3) is 0 Å². The fourth-order valence-electron chi connectivity index (χ4n) is 9.16. The Morgan fingerprint density at radius 2 is 1.63 bits per heavy atom. The van der Waals surface area contributed by atoms with E-state index in [0.29, 0.717) is 63.8 Å². The number of anilines is 7. The first-order chi connectivity index (χ1) is 32.4. The van der Waals surface area contributed by atoms with Gasteiger partial charge in [0.1, 0.15) is 29.8 Å². The molecule has 3 fully saturated rings. The second kappa shape index (κ2) is 19.8. The number of halogens is 1. The van der Waals surface area contributed by atoms with Gasteiger partial charge >= 0.3 is 0 Å². The summed E-state index contributed by atoms with van der Waals surface area (Å²) in [6.45, 7) is 10.1. The molecule has 2 amide bonds. The Kier molecular flexibility index (Phi) is 13.5. The third-order valence-electron chi connectivity index (χ3n) is 12.8. The number of carbonyl (C=O) groups is 2. The number of carbonyl (C=O) groups excluding carboxylic acids is 2. The molecule has 0 aliphatic carbocycles. The Morgan fingerprint density at radius 3 is 2.34 bits per heavy atom. The number of aryl methyl sites for hydroxylation is 1. The van der Waals surface area contributed by atoms with E-state index in [2.05, 4.69) is 63.2 Å². The number of imide groups is 1. The summed E-state index contributed by atoms with van der Waals surface area (Å²) in [6, 6.07) is 23.6. The molecule has 6 heterocycles. The SMILES string of the molecule is COc1cc(N2CCC(CN3CCN(c4ccnc(NC5CCC(=O)NC5=O)c4)CC3)CC2)c(-c2cnn(C)c2)cc1Nc1ncc(Cl)c(Nc2ccc(-c3ccccc3)cc2P(C)(C)=O)n1. The van der Waals surface area contributed by atoms with E-state index in [1.165, 1.54) is 0 Å². The molecule has 16 nitrogen and oxygen atoms in total. The lowest BCUT2D eigenvalue weighted by Crippen LogP contribution is -2.49. The zero-order valence-electron chi connectivity index (χ0n) is 38.2. The van der Waals surface area contributed by atoms with Gasteiger partial charge in [-0.1, -0.05) is 48.0 Å². The van der Waals surface area contributed by atoms with E-state index in [-0.39, 0.29) is 11.8 Å². The summed E-state index contributed by atoms with van der Waals surface area (Å²) in [5.41, 5.74) is 7.48. The minimum absolute atomic E-state index is 0.232. The molecule has 0 radical (unpaired) electrons. The summed E-state index contributed by atoms with van der Waals surface area (Å²) >= 11 is 6.70. The maximum Gasteiger partial charge on any atom is 0.249 e. The zero-order chi connectivity index (χ0) is 46.7. The van der Waals surface area contributed by atoms with Crippen molar-refractivity contribution in [1.82, 2.24) is 34.9 Å². The number of benzene rings is 3. The van der Waals surface area contributed by atoms with Crippen LogP contribution in [0, 0.1) is 5.92 Å². The molecule has 0 bridgehead atoms. The molecule has 3 aromatic carbocycles. The number of aromatic nitrogens is 5. The Balaban J connectivity index is 0.859. The molecule has 1 unspecified atom stereocenters. The van der Waals surface area contributed by atoms with Crippen molar-refractivity contribution >= 4 is 76.2 Å². The van der Waals surface area contributed by atoms with Crippen LogP contribution in [-0.2, 0) is 21.2 Å². The third kappa shape index (κ3) is 10.7. The summed E-state index contributed by atoms with van der Waals surface area (Å²) in [5.74, 6) is 1.99. The van der Waals surface area contributed by atoms with E-state index in [4.69, 9.17) is 21.3 Å². The summed E-state index contributed by atoms with van der Waals surface area (Å²) in [6.07, 6.45) is 10.1. The van der Waals surface area contributed by atoms with Gasteiger partial charge in [0.15, 0.2) is 5.82 Å². The van der Waals surface area contributed by atoms with Crippen molar-refractivity contribution in [3.63, 3.8) is 0 Å².